The first-order valence-electron chi connectivity index (χ1n) is 13.3. The van der Waals surface area contributed by atoms with Gasteiger partial charge in [0.2, 0.25) is 17.7 Å². The van der Waals surface area contributed by atoms with Crippen LogP contribution in [0.5, 0.6) is 23.0 Å². The molecule has 4 aliphatic rings. The molecule has 2 fully saturated rings. The molecular weight excluding hydrogens is 514 g/mol. The molecule has 4 atom stereocenters. The molecule has 10 heteroatoms. The number of carbonyl (C=O) groups excluding carboxylic acids is 3. The summed E-state index contributed by atoms with van der Waals surface area (Å²) < 4.78 is 11.3. The van der Waals surface area contributed by atoms with Crippen molar-refractivity contribution in [3.05, 3.63) is 71.3 Å². The Balaban J connectivity index is 1.36. The summed E-state index contributed by atoms with van der Waals surface area (Å²) in [6.45, 7) is 2.78. The first-order chi connectivity index (χ1) is 19.3. The molecule has 1 spiro atoms. The minimum absolute atomic E-state index is 0.237. The summed E-state index contributed by atoms with van der Waals surface area (Å²) in [5.41, 5.74) is 1.79. The Morgan fingerprint density at radius 3 is 2.45 bits per heavy atom. The van der Waals surface area contributed by atoms with E-state index in [1.165, 1.54) is 12.1 Å². The second-order valence-electron chi connectivity index (χ2n) is 10.6. The van der Waals surface area contributed by atoms with Crippen LogP contribution in [0.1, 0.15) is 23.6 Å². The van der Waals surface area contributed by atoms with Crippen LogP contribution in [0.3, 0.4) is 0 Å². The Kier molecular flexibility index (Phi) is 5.33. The second kappa shape index (κ2) is 8.72. The van der Waals surface area contributed by atoms with Gasteiger partial charge in [-0.1, -0.05) is 25.1 Å². The van der Waals surface area contributed by atoms with Crippen LogP contribution in [0.4, 0.5) is 11.4 Å². The molecule has 4 heterocycles. The van der Waals surface area contributed by atoms with Gasteiger partial charge >= 0.3 is 0 Å². The Labute approximate surface area is 229 Å². The number of imide groups is 1. The van der Waals surface area contributed by atoms with E-state index in [4.69, 9.17) is 9.47 Å². The number of ether oxygens (including phenoxy) is 2. The number of hydrogen-bond donors (Lipinski definition) is 4. The lowest BCUT2D eigenvalue weighted by atomic mass is 9.76. The average molecular weight is 542 g/mol. The van der Waals surface area contributed by atoms with E-state index in [0.29, 0.717) is 47.2 Å². The summed E-state index contributed by atoms with van der Waals surface area (Å²) in [7, 11) is 0. The second-order valence-corrected chi connectivity index (χ2v) is 10.6. The maximum atomic E-state index is 14.3. The van der Waals surface area contributed by atoms with Crippen molar-refractivity contribution in [3.63, 3.8) is 0 Å². The number of anilines is 2. The van der Waals surface area contributed by atoms with Gasteiger partial charge in [0, 0.05) is 23.4 Å². The molecule has 0 bridgehead atoms. The van der Waals surface area contributed by atoms with Crippen LogP contribution in [0, 0.1) is 11.8 Å². The van der Waals surface area contributed by atoms with E-state index in [0.717, 1.165) is 16.9 Å². The largest absolute Gasteiger partial charge is 0.504 e. The monoisotopic (exact) mass is 541 g/mol. The quantitative estimate of drug-likeness (QED) is 0.292. The molecule has 0 saturated carbocycles. The topological polar surface area (TPSA) is 137 Å². The van der Waals surface area contributed by atoms with E-state index in [9.17, 15) is 24.6 Å². The van der Waals surface area contributed by atoms with Crippen LogP contribution in [-0.4, -0.2) is 47.2 Å². The number of aryl methyl sites for hydroxylation is 1. The number of nitrogens with one attached hydrogen (secondary N) is 2. The summed E-state index contributed by atoms with van der Waals surface area (Å²) in [4.78, 5) is 43.4. The van der Waals surface area contributed by atoms with Gasteiger partial charge in [0.25, 0.3) is 0 Å². The Morgan fingerprint density at radius 1 is 0.900 bits per heavy atom. The molecule has 10 nitrogen and oxygen atoms in total. The van der Waals surface area contributed by atoms with Gasteiger partial charge in [-0.3, -0.25) is 19.7 Å². The van der Waals surface area contributed by atoms with Crippen molar-refractivity contribution in [2.75, 3.05) is 23.4 Å². The van der Waals surface area contributed by atoms with Crippen LogP contribution in [0.25, 0.3) is 0 Å². The third-order valence-corrected chi connectivity index (χ3v) is 8.47. The zero-order valence-corrected chi connectivity index (χ0v) is 21.6. The number of carbonyl (C=O) groups is 3. The van der Waals surface area contributed by atoms with Gasteiger partial charge in [-0.25, -0.2) is 4.90 Å². The Hall–Kier alpha value is -4.57. The fourth-order valence-electron chi connectivity index (χ4n) is 6.62. The van der Waals surface area contributed by atoms with Gasteiger partial charge in [-0.05, 0) is 54.3 Å². The summed E-state index contributed by atoms with van der Waals surface area (Å²) in [6.07, 6.45) is 0.971. The molecule has 3 aromatic carbocycles. The SMILES string of the molecule is CCc1ccc2c(c1)[C@]1(N[C@@H](Cc3ccc(O)c(O)c3)[C@H]3C(=O)N(c4ccc5c(c4)OCCO5)C(=O)[C@H]31)C(=O)N2. The summed E-state index contributed by atoms with van der Waals surface area (Å²) in [5, 5.41) is 26.2. The van der Waals surface area contributed by atoms with E-state index < -0.39 is 35.2 Å². The van der Waals surface area contributed by atoms with E-state index in [1.807, 2.05) is 25.1 Å². The molecule has 3 amide bonds. The number of fused-ring (bicyclic) bond motifs is 5. The molecule has 7 rings (SSSR count). The average Bonchev–Trinajstić information content (AvgIpc) is 3.54. The minimum atomic E-state index is -1.45. The van der Waals surface area contributed by atoms with E-state index in [-0.39, 0.29) is 23.8 Å². The van der Waals surface area contributed by atoms with Crippen LogP contribution < -0.4 is 25.0 Å². The molecule has 2 saturated heterocycles. The fourth-order valence-corrected chi connectivity index (χ4v) is 6.62. The molecule has 0 unspecified atom stereocenters. The number of nitrogens with zero attached hydrogens (tertiary/aromatic N) is 1. The summed E-state index contributed by atoms with van der Waals surface area (Å²) in [6, 6.07) is 14.5. The van der Waals surface area contributed by atoms with Crippen molar-refractivity contribution in [2.24, 2.45) is 11.8 Å². The zero-order chi connectivity index (χ0) is 27.8. The van der Waals surface area contributed by atoms with Crippen molar-refractivity contribution in [1.82, 2.24) is 5.32 Å². The third kappa shape index (κ3) is 3.35. The van der Waals surface area contributed by atoms with Crippen LogP contribution in [-0.2, 0) is 32.8 Å². The van der Waals surface area contributed by atoms with Crippen LogP contribution in [0.2, 0.25) is 0 Å². The Morgan fingerprint density at radius 2 is 1.68 bits per heavy atom. The maximum Gasteiger partial charge on any atom is 0.250 e. The predicted molar refractivity (Wildman–Crippen MR) is 143 cm³/mol. The number of amides is 3. The highest BCUT2D eigenvalue weighted by Crippen LogP contribution is 2.54. The molecule has 0 aliphatic carbocycles. The summed E-state index contributed by atoms with van der Waals surface area (Å²) in [5.74, 6) is -2.70. The van der Waals surface area contributed by atoms with Gasteiger partial charge in [0.1, 0.15) is 18.8 Å². The lowest BCUT2D eigenvalue weighted by Gasteiger charge is -2.30. The standard InChI is InChI=1S/C30H27N3O7/c1-2-15-3-6-19-18(11-15)30(29(38)31-19)26-25(20(32-30)12-16-4-7-21(34)22(35)13-16)27(36)33(28(26)37)17-5-8-23-24(14-17)40-10-9-39-23/h3-8,11,13-14,20,25-26,32,34-35H,2,9-10,12H2,1H3,(H,31,38)/t20-,25+,26-,30+/m0/s1. The third-order valence-electron chi connectivity index (χ3n) is 8.47. The van der Waals surface area contributed by atoms with Crippen LogP contribution in [0.15, 0.2) is 54.6 Å². The summed E-state index contributed by atoms with van der Waals surface area (Å²) >= 11 is 0. The maximum absolute atomic E-state index is 14.3. The first-order valence-corrected chi connectivity index (χ1v) is 13.3. The molecular formula is C30H27N3O7. The highest BCUT2D eigenvalue weighted by molar-refractivity contribution is 6.26. The Bertz CT molecular complexity index is 1600. The number of hydrogen-bond acceptors (Lipinski definition) is 8. The molecule has 40 heavy (non-hydrogen) atoms. The predicted octanol–water partition coefficient (Wildman–Crippen LogP) is 2.60. The zero-order valence-electron chi connectivity index (χ0n) is 21.6. The number of phenols is 2. The van der Waals surface area contributed by atoms with Gasteiger partial charge in [-0.15, -0.1) is 0 Å². The molecule has 3 aromatic rings. The van der Waals surface area contributed by atoms with Gasteiger partial charge in [0.15, 0.2) is 23.0 Å². The molecule has 4 aliphatic heterocycles. The highest BCUT2D eigenvalue weighted by Gasteiger charge is 2.70. The van der Waals surface area contributed by atoms with E-state index >= 15 is 0 Å². The van der Waals surface area contributed by atoms with Crippen molar-refractivity contribution in [1.29, 1.82) is 0 Å². The number of phenolic OH excluding ortho intramolecular Hbond substituents is 2. The lowest BCUT2D eigenvalue weighted by Crippen LogP contribution is -2.53. The lowest BCUT2D eigenvalue weighted by molar-refractivity contribution is -0.130. The van der Waals surface area contributed by atoms with Crippen molar-refractivity contribution >= 4 is 29.1 Å². The number of benzene rings is 3. The van der Waals surface area contributed by atoms with E-state index in [1.54, 1.807) is 24.3 Å². The van der Waals surface area contributed by atoms with Crippen molar-refractivity contribution in [2.45, 2.75) is 31.3 Å². The molecule has 204 valence electrons. The van der Waals surface area contributed by atoms with Gasteiger partial charge < -0.3 is 25.0 Å². The minimum Gasteiger partial charge on any atom is -0.504 e. The van der Waals surface area contributed by atoms with Crippen LogP contribution >= 0.6 is 0 Å². The highest BCUT2D eigenvalue weighted by atomic mass is 16.6. The molecule has 0 radical (unpaired) electrons. The van der Waals surface area contributed by atoms with E-state index in [2.05, 4.69) is 10.6 Å². The fraction of sp³-hybridized carbons (Fsp3) is 0.300. The number of rotatable bonds is 4. The molecule has 4 N–H and O–H groups in total. The normalized spacial score (nSPS) is 26.3. The molecule has 0 aromatic heterocycles. The van der Waals surface area contributed by atoms with Crippen molar-refractivity contribution < 1.29 is 34.1 Å². The smallest absolute Gasteiger partial charge is 0.250 e. The van der Waals surface area contributed by atoms with Gasteiger partial charge in [0.05, 0.1) is 17.5 Å². The van der Waals surface area contributed by atoms with Gasteiger partial charge in [-0.2, -0.15) is 0 Å². The first kappa shape index (κ1) is 24.5. The number of aromatic hydroxyl groups is 2. The van der Waals surface area contributed by atoms with Crippen molar-refractivity contribution in [3.8, 4) is 23.0 Å².